The lowest BCUT2D eigenvalue weighted by atomic mass is 9.90. The van der Waals surface area contributed by atoms with E-state index in [1.54, 1.807) is 0 Å². The summed E-state index contributed by atoms with van der Waals surface area (Å²) in [6, 6.07) is 11.2. The van der Waals surface area contributed by atoms with Gasteiger partial charge in [-0.1, -0.05) is 34.1 Å². The minimum atomic E-state index is 0.322. The molecule has 0 bridgehead atoms. The smallest absolute Gasteiger partial charge is 0.0485 e. The molecule has 0 spiro atoms. The van der Waals surface area contributed by atoms with Crippen LogP contribution in [0.4, 0.5) is 0 Å². The number of nitrogens with zero attached hydrogens (tertiary/aromatic N) is 1. The first kappa shape index (κ1) is 13.8. The quantitative estimate of drug-likeness (QED) is 0.914. The molecule has 1 aliphatic carbocycles. The van der Waals surface area contributed by atoms with Crippen molar-refractivity contribution in [3.05, 3.63) is 63.4 Å². The number of aromatic nitrogens is 1. The van der Waals surface area contributed by atoms with Crippen molar-refractivity contribution in [1.82, 2.24) is 10.3 Å². The SMILES string of the molecule is CNC(c1ccc(C)c(Br)c1)C1CCc2cccnc21. The summed E-state index contributed by atoms with van der Waals surface area (Å²) >= 11 is 3.64. The number of hydrogen-bond acceptors (Lipinski definition) is 2. The van der Waals surface area contributed by atoms with Gasteiger partial charge >= 0.3 is 0 Å². The van der Waals surface area contributed by atoms with Gasteiger partial charge in [0.25, 0.3) is 0 Å². The molecule has 2 atom stereocenters. The average Bonchev–Trinajstić information content (AvgIpc) is 2.88. The minimum absolute atomic E-state index is 0.322. The maximum atomic E-state index is 4.62. The van der Waals surface area contributed by atoms with Crippen LogP contribution in [0.3, 0.4) is 0 Å². The maximum Gasteiger partial charge on any atom is 0.0485 e. The lowest BCUT2D eigenvalue weighted by molar-refractivity contribution is 0.470. The first-order chi connectivity index (χ1) is 9.70. The van der Waals surface area contributed by atoms with E-state index in [1.807, 2.05) is 19.3 Å². The van der Waals surface area contributed by atoms with E-state index < -0.39 is 0 Å². The molecule has 3 rings (SSSR count). The van der Waals surface area contributed by atoms with Crippen molar-refractivity contribution >= 4 is 15.9 Å². The second kappa shape index (κ2) is 5.66. The van der Waals surface area contributed by atoms with E-state index in [0.717, 1.165) is 6.42 Å². The average molecular weight is 331 g/mol. The maximum absolute atomic E-state index is 4.62. The Bertz CT molecular complexity index is 624. The number of aryl methyl sites for hydroxylation is 2. The summed E-state index contributed by atoms with van der Waals surface area (Å²) in [5, 5.41) is 3.49. The highest BCUT2D eigenvalue weighted by Crippen LogP contribution is 2.40. The molecule has 104 valence electrons. The number of pyridine rings is 1. The number of nitrogens with one attached hydrogen (secondary N) is 1. The third kappa shape index (κ3) is 2.40. The Balaban J connectivity index is 1.97. The van der Waals surface area contributed by atoms with Gasteiger partial charge in [0.2, 0.25) is 0 Å². The molecular weight excluding hydrogens is 312 g/mol. The van der Waals surface area contributed by atoms with Gasteiger partial charge in [-0.15, -0.1) is 0 Å². The molecule has 2 unspecified atom stereocenters. The minimum Gasteiger partial charge on any atom is -0.312 e. The van der Waals surface area contributed by atoms with Gasteiger partial charge in [0.1, 0.15) is 0 Å². The number of likely N-dealkylation sites (N-methyl/N-ethyl adjacent to an activating group) is 1. The molecule has 0 saturated carbocycles. The number of rotatable bonds is 3. The summed E-state index contributed by atoms with van der Waals surface area (Å²) in [5.41, 5.74) is 5.27. The van der Waals surface area contributed by atoms with E-state index >= 15 is 0 Å². The monoisotopic (exact) mass is 330 g/mol. The molecule has 1 aliphatic rings. The molecule has 2 nitrogen and oxygen atoms in total. The van der Waals surface area contributed by atoms with Crippen molar-refractivity contribution < 1.29 is 0 Å². The van der Waals surface area contributed by atoms with E-state index in [4.69, 9.17) is 0 Å². The first-order valence-corrected chi connectivity index (χ1v) is 7.87. The second-order valence-electron chi connectivity index (χ2n) is 5.47. The van der Waals surface area contributed by atoms with Crippen LogP contribution in [0.2, 0.25) is 0 Å². The molecule has 0 amide bonds. The molecule has 0 aliphatic heterocycles. The molecule has 3 heteroatoms. The van der Waals surface area contributed by atoms with E-state index in [2.05, 4.69) is 57.4 Å². The van der Waals surface area contributed by atoms with Gasteiger partial charge in [0, 0.05) is 28.3 Å². The number of fused-ring (bicyclic) bond motifs is 1. The van der Waals surface area contributed by atoms with Gasteiger partial charge in [-0.3, -0.25) is 4.98 Å². The summed E-state index contributed by atoms with van der Waals surface area (Å²) in [6.45, 7) is 2.12. The van der Waals surface area contributed by atoms with Crippen molar-refractivity contribution in [2.45, 2.75) is 31.7 Å². The number of benzene rings is 1. The summed E-state index contributed by atoms with van der Waals surface area (Å²) in [7, 11) is 2.04. The van der Waals surface area contributed by atoms with Crippen molar-refractivity contribution in [2.24, 2.45) is 0 Å². The predicted molar refractivity (Wildman–Crippen MR) is 86.0 cm³/mol. The summed E-state index contributed by atoms with van der Waals surface area (Å²) in [5.74, 6) is 0.464. The molecule has 0 radical (unpaired) electrons. The largest absolute Gasteiger partial charge is 0.312 e. The van der Waals surface area contributed by atoms with Crippen LogP contribution in [0.1, 0.15) is 40.8 Å². The Morgan fingerprint density at radius 1 is 1.35 bits per heavy atom. The number of hydrogen-bond donors (Lipinski definition) is 1. The Kier molecular flexibility index (Phi) is 3.90. The Morgan fingerprint density at radius 3 is 2.95 bits per heavy atom. The zero-order chi connectivity index (χ0) is 14.1. The first-order valence-electron chi connectivity index (χ1n) is 7.08. The Morgan fingerprint density at radius 2 is 2.20 bits per heavy atom. The van der Waals surface area contributed by atoms with Gasteiger partial charge in [-0.25, -0.2) is 0 Å². The van der Waals surface area contributed by atoms with Gasteiger partial charge < -0.3 is 5.32 Å². The highest BCUT2D eigenvalue weighted by Gasteiger charge is 2.31. The molecule has 0 fully saturated rings. The van der Waals surface area contributed by atoms with Crippen LogP contribution in [0, 0.1) is 6.92 Å². The number of halogens is 1. The van der Waals surface area contributed by atoms with E-state index in [9.17, 15) is 0 Å². The van der Waals surface area contributed by atoms with Crippen LogP contribution in [-0.2, 0) is 6.42 Å². The van der Waals surface area contributed by atoms with Gasteiger partial charge in [0.05, 0.1) is 0 Å². The lowest BCUT2D eigenvalue weighted by Gasteiger charge is -2.24. The molecule has 1 aromatic carbocycles. The van der Waals surface area contributed by atoms with Crippen molar-refractivity contribution in [2.75, 3.05) is 7.05 Å². The Labute approximate surface area is 128 Å². The van der Waals surface area contributed by atoms with E-state index in [1.165, 1.54) is 33.3 Å². The standard InChI is InChI=1S/C17H19BrN2/c1-11-5-6-13(10-15(11)18)16(19-2)14-8-7-12-4-3-9-20-17(12)14/h3-6,9-10,14,16,19H,7-8H2,1-2H3. The zero-order valence-electron chi connectivity index (χ0n) is 11.9. The molecule has 1 N–H and O–H groups in total. The normalized spacial score (nSPS) is 18.9. The van der Waals surface area contributed by atoms with Crippen molar-refractivity contribution in [3.8, 4) is 0 Å². The summed E-state index contributed by atoms with van der Waals surface area (Å²) in [6.07, 6.45) is 4.22. The van der Waals surface area contributed by atoms with Crippen LogP contribution in [0.25, 0.3) is 0 Å². The highest BCUT2D eigenvalue weighted by molar-refractivity contribution is 9.10. The van der Waals surface area contributed by atoms with E-state index in [-0.39, 0.29) is 0 Å². The van der Waals surface area contributed by atoms with Gasteiger partial charge in [-0.05, 0) is 55.6 Å². The lowest BCUT2D eigenvalue weighted by Crippen LogP contribution is -2.23. The molecule has 20 heavy (non-hydrogen) atoms. The topological polar surface area (TPSA) is 24.9 Å². The molecule has 2 aromatic rings. The molecule has 1 aromatic heterocycles. The van der Waals surface area contributed by atoms with Crippen LogP contribution in [0.5, 0.6) is 0 Å². The van der Waals surface area contributed by atoms with Crippen LogP contribution >= 0.6 is 15.9 Å². The van der Waals surface area contributed by atoms with Gasteiger partial charge in [-0.2, -0.15) is 0 Å². The summed E-state index contributed by atoms with van der Waals surface area (Å²) in [4.78, 5) is 4.62. The van der Waals surface area contributed by atoms with Crippen LogP contribution in [-0.4, -0.2) is 12.0 Å². The van der Waals surface area contributed by atoms with Crippen LogP contribution in [0.15, 0.2) is 41.0 Å². The van der Waals surface area contributed by atoms with Crippen molar-refractivity contribution in [3.63, 3.8) is 0 Å². The zero-order valence-corrected chi connectivity index (χ0v) is 13.4. The molecular formula is C17H19BrN2. The van der Waals surface area contributed by atoms with Crippen LogP contribution < -0.4 is 5.32 Å². The molecule has 1 heterocycles. The Hall–Kier alpha value is -1.19. The summed E-state index contributed by atoms with van der Waals surface area (Å²) < 4.78 is 1.18. The predicted octanol–water partition coefficient (Wildman–Crippen LogP) is 4.14. The van der Waals surface area contributed by atoms with E-state index in [0.29, 0.717) is 12.0 Å². The fourth-order valence-electron chi connectivity index (χ4n) is 3.17. The van der Waals surface area contributed by atoms with Crippen molar-refractivity contribution in [1.29, 1.82) is 0 Å². The fraction of sp³-hybridized carbons (Fsp3) is 0.353. The highest BCUT2D eigenvalue weighted by atomic mass is 79.9. The third-order valence-electron chi connectivity index (χ3n) is 4.27. The third-order valence-corrected chi connectivity index (χ3v) is 5.12. The molecule has 0 saturated heterocycles. The fourth-order valence-corrected chi connectivity index (χ4v) is 3.57. The van der Waals surface area contributed by atoms with Gasteiger partial charge in [0.15, 0.2) is 0 Å². The second-order valence-corrected chi connectivity index (χ2v) is 6.32.